The van der Waals surface area contributed by atoms with Gasteiger partial charge in [0.15, 0.2) is 5.82 Å². The zero-order chi connectivity index (χ0) is 18.5. The first-order valence-electron chi connectivity index (χ1n) is 8.19. The van der Waals surface area contributed by atoms with Gasteiger partial charge in [0.05, 0.1) is 0 Å². The molecule has 2 heterocycles. The van der Waals surface area contributed by atoms with Gasteiger partial charge in [0.25, 0.3) is 0 Å². The highest BCUT2D eigenvalue weighted by Crippen LogP contribution is 2.19. The quantitative estimate of drug-likeness (QED) is 0.675. The molecule has 8 nitrogen and oxygen atoms in total. The lowest BCUT2D eigenvalue weighted by molar-refractivity contribution is -0.122. The number of aryl methyl sites for hydroxylation is 2. The van der Waals surface area contributed by atoms with Crippen LogP contribution >= 0.6 is 11.6 Å². The van der Waals surface area contributed by atoms with Crippen LogP contribution in [-0.4, -0.2) is 26.2 Å². The molecule has 1 amide bonds. The Morgan fingerprint density at radius 1 is 1.19 bits per heavy atom. The average Bonchev–Trinajstić information content (AvgIpc) is 3.25. The Morgan fingerprint density at radius 3 is 2.65 bits per heavy atom. The summed E-state index contributed by atoms with van der Waals surface area (Å²) in [5.41, 5.74) is 0.825. The normalized spacial score (nSPS) is 12.1. The van der Waals surface area contributed by atoms with Crippen LogP contribution in [0.3, 0.4) is 0 Å². The fourth-order valence-corrected chi connectivity index (χ4v) is 2.46. The van der Waals surface area contributed by atoms with Crippen LogP contribution in [0, 0.1) is 6.92 Å². The SMILES string of the molecule is Cc1noc(C(C)NC(=O)CCCc2nc(-c3ccc(Cl)cc3)no2)n1. The Hall–Kier alpha value is -2.74. The standard InChI is InChI=1S/C17H18ClN5O3/c1-10(17-20-11(2)22-26-17)19-14(24)4-3-5-15-21-16(23-25-15)12-6-8-13(18)9-7-12/h6-10H,3-5H2,1-2H3,(H,19,24). The molecule has 0 aliphatic rings. The fourth-order valence-electron chi connectivity index (χ4n) is 2.34. The summed E-state index contributed by atoms with van der Waals surface area (Å²) in [5, 5.41) is 11.1. The molecular weight excluding hydrogens is 358 g/mol. The number of aromatic nitrogens is 4. The molecule has 0 radical (unpaired) electrons. The minimum absolute atomic E-state index is 0.106. The van der Waals surface area contributed by atoms with E-state index in [9.17, 15) is 4.79 Å². The third-order valence-corrected chi connectivity index (χ3v) is 3.91. The first kappa shape index (κ1) is 18.1. The van der Waals surface area contributed by atoms with E-state index < -0.39 is 0 Å². The summed E-state index contributed by atoms with van der Waals surface area (Å²) in [4.78, 5) is 20.4. The predicted molar refractivity (Wildman–Crippen MR) is 93.3 cm³/mol. The third-order valence-electron chi connectivity index (χ3n) is 3.66. The lowest BCUT2D eigenvalue weighted by Gasteiger charge is -2.08. The minimum atomic E-state index is -0.330. The molecule has 1 N–H and O–H groups in total. The number of carbonyl (C=O) groups excluding carboxylic acids is 1. The second-order valence-corrected chi connectivity index (χ2v) is 6.28. The molecule has 0 aliphatic heterocycles. The van der Waals surface area contributed by atoms with Crippen LogP contribution < -0.4 is 5.32 Å². The van der Waals surface area contributed by atoms with Crippen molar-refractivity contribution in [2.24, 2.45) is 0 Å². The number of nitrogens with one attached hydrogen (secondary N) is 1. The molecule has 3 aromatic rings. The number of halogens is 1. The van der Waals surface area contributed by atoms with Gasteiger partial charge in [0.1, 0.15) is 6.04 Å². The Kier molecular flexibility index (Phi) is 5.62. The van der Waals surface area contributed by atoms with E-state index in [2.05, 4.69) is 25.6 Å². The van der Waals surface area contributed by atoms with E-state index in [0.29, 0.717) is 47.7 Å². The molecule has 0 aliphatic carbocycles. The van der Waals surface area contributed by atoms with Crippen molar-refractivity contribution in [3.63, 3.8) is 0 Å². The van der Waals surface area contributed by atoms with Gasteiger partial charge in [-0.25, -0.2) is 0 Å². The number of carbonyl (C=O) groups is 1. The number of nitrogens with zero attached hydrogens (tertiary/aromatic N) is 4. The maximum Gasteiger partial charge on any atom is 0.248 e. The van der Waals surface area contributed by atoms with E-state index in [4.69, 9.17) is 20.6 Å². The van der Waals surface area contributed by atoms with E-state index in [-0.39, 0.29) is 11.9 Å². The zero-order valence-corrected chi connectivity index (χ0v) is 15.2. The van der Waals surface area contributed by atoms with E-state index in [0.717, 1.165) is 5.56 Å². The van der Waals surface area contributed by atoms with Gasteiger partial charge < -0.3 is 14.4 Å². The van der Waals surface area contributed by atoms with Gasteiger partial charge in [-0.3, -0.25) is 4.79 Å². The molecule has 9 heteroatoms. The smallest absolute Gasteiger partial charge is 0.248 e. The molecule has 26 heavy (non-hydrogen) atoms. The van der Waals surface area contributed by atoms with Gasteiger partial charge in [-0.1, -0.05) is 21.9 Å². The van der Waals surface area contributed by atoms with Crippen molar-refractivity contribution in [2.45, 2.75) is 39.2 Å². The van der Waals surface area contributed by atoms with Crippen LogP contribution in [0.5, 0.6) is 0 Å². The number of hydrogen-bond donors (Lipinski definition) is 1. The summed E-state index contributed by atoms with van der Waals surface area (Å²) < 4.78 is 10.3. The van der Waals surface area contributed by atoms with Crippen LogP contribution in [0.4, 0.5) is 0 Å². The minimum Gasteiger partial charge on any atom is -0.345 e. The van der Waals surface area contributed by atoms with Crippen molar-refractivity contribution in [2.75, 3.05) is 0 Å². The molecule has 3 rings (SSSR count). The maximum absolute atomic E-state index is 12.0. The summed E-state index contributed by atoms with van der Waals surface area (Å²) in [5.74, 6) is 1.81. The predicted octanol–water partition coefficient (Wildman–Crippen LogP) is 3.28. The molecule has 0 saturated heterocycles. The summed E-state index contributed by atoms with van der Waals surface area (Å²) in [6.45, 7) is 3.52. The van der Waals surface area contributed by atoms with Gasteiger partial charge in [0.2, 0.25) is 23.5 Å². The highest BCUT2D eigenvalue weighted by atomic mass is 35.5. The molecule has 136 valence electrons. The highest BCUT2D eigenvalue weighted by molar-refractivity contribution is 6.30. The molecule has 1 aromatic carbocycles. The van der Waals surface area contributed by atoms with E-state index in [1.165, 1.54) is 0 Å². The molecule has 0 saturated carbocycles. The van der Waals surface area contributed by atoms with Crippen molar-refractivity contribution in [1.29, 1.82) is 0 Å². The topological polar surface area (TPSA) is 107 Å². The van der Waals surface area contributed by atoms with Gasteiger partial charge in [-0.05, 0) is 44.5 Å². The molecule has 1 unspecified atom stereocenters. The van der Waals surface area contributed by atoms with Gasteiger partial charge in [-0.15, -0.1) is 0 Å². The highest BCUT2D eigenvalue weighted by Gasteiger charge is 2.16. The summed E-state index contributed by atoms with van der Waals surface area (Å²) in [6.07, 6.45) is 1.43. The van der Waals surface area contributed by atoms with Crippen LogP contribution in [0.1, 0.15) is 43.4 Å². The van der Waals surface area contributed by atoms with E-state index in [1.54, 1.807) is 26.0 Å². The van der Waals surface area contributed by atoms with Gasteiger partial charge in [-0.2, -0.15) is 9.97 Å². The van der Waals surface area contributed by atoms with E-state index in [1.807, 2.05) is 12.1 Å². The van der Waals surface area contributed by atoms with Crippen molar-refractivity contribution in [1.82, 2.24) is 25.6 Å². The maximum atomic E-state index is 12.0. The summed E-state index contributed by atoms with van der Waals surface area (Å²) in [6, 6.07) is 6.85. The molecule has 0 fully saturated rings. The largest absolute Gasteiger partial charge is 0.345 e. The lowest BCUT2D eigenvalue weighted by Crippen LogP contribution is -2.26. The van der Waals surface area contributed by atoms with Crippen molar-refractivity contribution in [3.8, 4) is 11.4 Å². The summed E-state index contributed by atoms with van der Waals surface area (Å²) in [7, 11) is 0. The number of benzene rings is 1. The van der Waals surface area contributed by atoms with Crippen LogP contribution in [0.25, 0.3) is 11.4 Å². The zero-order valence-electron chi connectivity index (χ0n) is 14.4. The molecule has 2 aromatic heterocycles. The Labute approximate surface area is 154 Å². The van der Waals surface area contributed by atoms with Crippen LogP contribution in [0.2, 0.25) is 5.02 Å². The van der Waals surface area contributed by atoms with Crippen LogP contribution in [0.15, 0.2) is 33.3 Å². The first-order valence-corrected chi connectivity index (χ1v) is 8.57. The second-order valence-electron chi connectivity index (χ2n) is 5.84. The Bertz CT molecular complexity index is 875. The molecule has 0 bridgehead atoms. The van der Waals surface area contributed by atoms with Crippen LogP contribution in [-0.2, 0) is 11.2 Å². The fraction of sp³-hybridized carbons (Fsp3) is 0.353. The Balaban J connectivity index is 1.46. The average molecular weight is 376 g/mol. The van der Waals surface area contributed by atoms with Gasteiger partial charge in [0, 0.05) is 23.4 Å². The molecule has 0 spiro atoms. The number of hydrogen-bond acceptors (Lipinski definition) is 7. The first-order chi connectivity index (χ1) is 12.5. The third kappa shape index (κ3) is 4.66. The summed E-state index contributed by atoms with van der Waals surface area (Å²) >= 11 is 5.86. The monoisotopic (exact) mass is 375 g/mol. The van der Waals surface area contributed by atoms with Gasteiger partial charge >= 0.3 is 0 Å². The number of amides is 1. The Morgan fingerprint density at radius 2 is 1.96 bits per heavy atom. The van der Waals surface area contributed by atoms with E-state index >= 15 is 0 Å². The van der Waals surface area contributed by atoms with Crippen molar-refractivity contribution >= 4 is 17.5 Å². The lowest BCUT2D eigenvalue weighted by atomic mass is 10.2. The van der Waals surface area contributed by atoms with Crippen molar-refractivity contribution < 1.29 is 13.8 Å². The second kappa shape index (κ2) is 8.09. The molecular formula is C17H18ClN5O3. The number of rotatable bonds is 7. The van der Waals surface area contributed by atoms with Crippen molar-refractivity contribution in [3.05, 3.63) is 46.9 Å². The molecule has 1 atom stereocenters.